The third-order valence-corrected chi connectivity index (χ3v) is 4.13. The summed E-state index contributed by atoms with van der Waals surface area (Å²) in [7, 11) is 4.45. The molecular weight excluding hydrogens is 208 g/mol. The Bertz CT molecular complexity index is 379. The van der Waals surface area contributed by atoms with E-state index in [4.69, 9.17) is 0 Å². The second-order valence-electron chi connectivity index (χ2n) is 5.41. The van der Waals surface area contributed by atoms with Crippen LogP contribution in [0.15, 0.2) is 18.2 Å². The number of aryl methyl sites for hydroxylation is 2. The second kappa shape index (κ2) is 5.09. The summed E-state index contributed by atoms with van der Waals surface area (Å²) in [5.41, 5.74) is 4.13. The van der Waals surface area contributed by atoms with E-state index in [2.05, 4.69) is 55.9 Å². The Labute approximate surface area is 105 Å². The standard InChI is InChI=1S/C15H24N2/c1-12-5-6-15(11-13(12)2)17(4)14-7-9-16(3)10-8-14/h5-6,11,14H,7-10H2,1-4H3. The van der Waals surface area contributed by atoms with E-state index in [0.29, 0.717) is 6.04 Å². The number of hydrogen-bond acceptors (Lipinski definition) is 2. The lowest BCUT2D eigenvalue weighted by atomic mass is 10.0. The van der Waals surface area contributed by atoms with Gasteiger partial charge >= 0.3 is 0 Å². The predicted octanol–water partition coefficient (Wildman–Crippen LogP) is 2.83. The molecule has 1 aromatic carbocycles. The summed E-state index contributed by atoms with van der Waals surface area (Å²) < 4.78 is 0. The summed E-state index contributed by atoms with van der Waals surface area (Å²) in [4.78, 5) is 4.88. The van der Waals surface area contributed by atoms with Gasteiger partial charge in [0.15, 0.2) is 0 Å². The van der Waals surface area contributed by atoms with Crippen molar-refractivity contribution < 1.29 is 0 Å². The van der Waals surface area contributed by atoms with Crippen molar-refractivity contribution in [3.63, 3.8) is 0 Å². The van der Waals surface area contributed by atoms with Crippen LogP contribution in [0.1, 0.15) is 24.0 Å². The Hall–Kier alpha value is -1.02. The van der Waals surface area contributed by atoms with Gasteiger partial charge in [0.2, 0.25) is 0 Å². The first-order chi connectivity index (χ1) is 8.08. The third kappa shape index (κ3) is 2.81. The van der Waals surface area contributed by atoms with Gasteiger partial charge in [0, 0.05) is 18.8 Å². The van der Waals surface area contributed by atoms with Crippen LogP contribution in [0.25, 0.3) is 0 Å². The number of hydrogen-bond donors (Lipinski definition) is 0. The molecule has 0 amide bonds. The van der Waals surface area contributed by atoms with Gasteiger partial charge in [-0.25, -0.2) is 0 Å². The van der Waals surface area contributed by atoms with Crippen LogP contribution in [0.4, 0.5) is 5.69 Å². The van der Waals surface area contributed by atoms with E-state index in [1.165, 1.54) is 42.7 Å². The number of benzene rings is 1. The van der Waals surface area contributed by atoms with E-state index >= 15 is 0 Å². The molecule has 0 spiro atoms. The number of piperidine rings is 1. The monoisotopic (exact) mass is 232 g/mol. The summed E-state index contributed by atoms with van der Waals surface area (Å²) in [5.74, 6) is 0. The van der Waals surface area contributed by atoms with Crippen molar-refractivity contribution >= 4 is 5.69 Å². The van der Waals surface area contributed by atoms with Gasteiger partial charge in [-0.3, -0.25) is 0 Å². The maximum absolute atomic E-state index is 2.46. The lowest BCUT2D eigenvalue weighted by Crippen LogP contribution is -2.42. The first kappa shape index (κ1) is 12.4. The van der Waals surface area contributed by atoms with Crippen LogP contribution in [0.3, 0.4) is 0 Å². The normalized spacial score (nSPS) is 18.4. The zero-order valence-electron chi connectivity index (χ0n) is 11.5. The van der Waals surface area contributed by atoms with Crippen LogP contribution < -0.4 is 4.90 Å². The smallest absolute Gasteiger partial charge is 0.0368 e. The van der Waals surface area contributed by atoms with Crippen LogP contribution in [0, 0.1) is 13.8 Å². The molecule has 0 atom stereocenters. The summed E-state index contributed by atoms with van der Waals surface area (Å²) in [5, 5.41) is 0. The molecular formula is C15H24N2. The molecule has 2 rings (SSSR count). The van der Waals surface area contributed by atoms with Crippen LogP contribution in [0.2, 0.25) is 0 Å². The van der Waals surface area contributed by atoms with E-state index in [-0.39, 0.29) is 0 Å². The highest BCUT2D eigenvalue weighted by atomic mass is 15.2. The van der Waals surface area contributed by atoms with Gasteiger partial charge in [-0.15, -0.1) is 0 Å². The molecule has 1 aliphatic heterocycles. The van der Waals surface area contributed by atoms with Gasteiger partial charge < -0.3 is 9.80 Å². The average Bonchev–Trinajstić information content (AvgIpc) is 2.33. The molecule has 1 aliphatic rings. The number of rotatable bonds is 2. The highest BCUT2D eigenvalue weighted by Crippen LogP contribution is 2.23. The minimum absolute atomic E-state index is 0.702. The fraction of sp³-hybridized carbons (Fsp3) is 0.600. The van der Waals surface area contributed by atoms with E-state index in [1.807, 2.05) is 0 Å². The molecule has 0 aromatic heterocycles. The number of nitrogens with zero attached hydrogens (tertiary/aromatic N) is 2. The van der Waals surface area contributed by atoms with Crippen molar-refractivity contribution in [1.29, 1.82) is 0 Å². The quantitative estimate of drug-likeness (QED) is 0.773. The van der Waals surface area contributed by atoms with Crippen LogP contribution in [-0.2, 0) is 0 Å². The number of anilines is 1. The van der Waals surface area contributed by atoms with Crippen molar-refractivity contribution in [3.05, 3.63) is 29.3 Å². The van der Waals surface area contributed by atoms with Crippen LogP contribution in [-0.4, -0.2) is 38.1 Å². The van der Waals surface area contributed by atoms with Gasteiger partial charge in [-0.05, 0) is 70.1 Å². The van der Waals surface area contributed by atoms with Gasteiger partial charge in [0.1, 0.15) is 0 Å². The molecule has 1 saturated heterocycles. The molecule has 1 fully saturated rings. The molecule has 0 bridgehead atoms. The molecule has 1 aromatic rings. The average molecular weight is 232 g/mol. The molecule has 0 N–H and O–H groups in total. The molecule has 2 nitrogen and oxygen atoms in total. The highest BCUT2D eigenvalue weighted by Gasteiger charge is 2.20. The van der Waals surface area contributed by atoms with E-state index in [1.54, 1.807) is 0 Å². The first-order valence-corrected chi connectivity index (χ1v) is 6.56. The predicted molar refractivity (Wildman–Crippen MR) is 74.8 cm³/mol. The van der Waals surface area contributed by atoms with Crippen molar-refractivity contribution in [3.8, 4) is 0 Å². The molecule has 2 heteroatoms. The molecule has 0 aliphatic carbocycles. The minimum atomic E-state index is 0.702. The lowest BCUT2D eigenvalue weighted by Gasteiger charge is -2.36. The van der Waals surface area contributed by atoms with Gasteiger partial charge in [-0.1, -0.05) is 6.07 Å². The zero-order chi connectivity index (χ0) is 12.4. The molecule has 17 heavy (non-hydrogen) atoms. The summed E-state index contributed by atoms with van der Waals surface area (Å²) in [6, 6.07) is 7.50. The fourth-order valence-corrected chi connectivity index (χ4v) is 2.54. The third-order valence-electron chi connectivity index (χ3n) is 4.13. The Kier molecular flexibility index (Phi) is 3.72. The summed E-state index contributed by atoms with van der Waals surface area (Å²) >= 11 is 0. The lowest BCUT2D eigenvalue weighted by molar-refractivity contribution is 0.253. The number of likely N-dealkylation sites (tertiary alicyclic amines) is 1. The maximum Gasteiger partial charge on any atom is 0.0368 e. The Morgan fingerprint density at radius 3 is 2.35 bits per heavy atom. The fourth-order valence-electron chi connectivity index (χ4n) is 2.54. The Morgan fingerprint density at radius 1 is 1.12 bits per heavy atom. The first-order valence-electron chi connectivity index (χ1n) is 6.56. The van der Waals surface area contributed by atoms with Crippen molar-refractivity contribution in [2.75, 3.05) is 32.1 Å². The molecule has 0 radical (unpaired) electrons. The maximum atomic E-state index is 2.46. The van der Waals surface area contributed by atoms with Crippen LogP contribution >= 0.6 is 0 Å². The Morgan fingerprint density at radius 2 is 1.76 bits per heavy atom. The SMILES string of the molecule is Cc1ccc(N(C)C2CCN(C)CC2)cc1C. The Balaban J connectivity index is 2.08. The van der Waals surface area contributed by atoms with Crippen molar-refractivity contribution in [2.24, 2.45) is 0 Å². The molecule has 0 saturated carbocycles. The van der Waals surface area contributed by atoms with Gasteiger partial charge in [0.25, 0.3) is 0 Å². The largest absolute Gasteiger partial charge is 0.372 e. The zero-order valence-corrected chi connectivity index (χ0v) is 11.5. The van der Waals surface area contributed by atoms with Gasteiger partial charge in [0.05, 0.1) is 0 Å². The van der Waals surface area contributed by atoms with E-state index < -0.39 is 0 Å². The molecule has 1 heterocycles. The van der Waals surface area contributed by atoms with Crippen LogP contribution in [0.5, 0.6) is 0 Å². The summed E-state index contributed by atoms with van der Waals surface area (Å²) in [6.07, 6.45) is 2.56. The topological polar surface area (TPSA) is 6.48 Å². The van der Waals surface area contributed by atoms with E-state index in [9.17, 15) is 0 Å². The highest BCUT2D eigenvalue weighted by molar-refractivity contribution is 5.50. The summed E-state index contributed by atoms with van der Waals surface area (Å²) in [6.45, 7) is 6.82. The second-order valence-corrected chi connectivity index (χ2v) is 5.41. The molecule has 0 unspecified atom stereocenters. The van der Waals surface area contributed by atoms with Crippen molar-refractivity contribution in [1.82, 2.24) is 4.90 Å². The van der Waals surface area contributed by atoms with Gasteiger partial charge in [-0.2, -0.15) is 0 Å². The van der Waals surface area contributed by atoms with E-state index in [0.717, 1.165) is 0 Å². The molecule has 94 valence electrons. The minimum Gasteiger partial charge on any atom is -0.372 e. The van der Waals surface area contributed by atoms with Crippen molar-refractivity contribution in [2.45, 2.75) is 32.7 Å².